The molecule has 4 rings (SSSR count). The van der Waals surface area contributed by atoms with Gasteiger partial charge in [-0.2, -0.15) is 5.10 Å². The van der Waals surface area contributed by atoms with Gasteiger partial charge in [0, 0.05) is 29.9 Å². The topological polar surface area (TPSA) is 47.8 Å². The third-order valence-corrected chi connectivity index (χ3v) is 5.65. The Hall–Kier alpha value is -2.53. The van der Waals surface area contributed by atoms with Crippen molar-refractivity contribution in [2.24, 2.45) is 13.0 Å². The number of pyridine rings is 1. The van der Waals surface area contributed by atoms with Gasteiger partial charge in [-0.1, -0.05) is 32.0 Å². The number of hydrogen-bond acceptors (Lipinski definition) is 4. The fourth-order valence-corrected chi connectivity index (χ4v) is 4.46. The molecule has 0 atom stereocenters. The van der Waals surface area contributed by atoms with Crippen molar-refractivity contribution in [1.29, 1.82) is 0 Å². The Balaban J connectivity index is 1.76. The van der Waals surface area contributed by atoms with Gasteiger partial charge in [0.05, 0.1) is 21.3 Å². The van der Waals surface area contributed by atoms with Crippen LogP contribution < -0.4 is 5.56 Å². The summed E-state index contributed by atoms with van der Waals surface area (Å²) in [5.41, 5.74) is 3.16. The molecule has 0 bridgehead atoms. The Kier molecular flexibility index (Phi) is 4.32. The first-order chi connectivity index (χ1) is 12.5. The molecule has 0 aliphatic heterocycles. The number of rotatable bonds is 4. The number of hydrogen-bond donors (Lipinski definition) is 0. The fraction of sp³-hybridized carbons (Fsp3) is 0.286. The molecule has 0 saturated carbocycles. The fourth-order valence-electron chi connectivity index (χ4n) is 3.28. The van der Waals surface area contributed by atoms with Crippen molar-refractivity contribution in [3.8, 4) is 0 Å². The highest BCUT2D eigenvalue weighted by Gasteiger charge is 2.14. The maximum Gasteiger partial charge on any atom is 0.275 e. The summed E-state index contributed by atoms with van der Waals surface area (Å²) in [7, 11) is 1.73. The third-order valence-electron chi connectivity index (χ3n) is 4.47. The van der Waals surface area contributed by atoms with E-state index >= 15 is 0 Å². The Labute approximate surface area is 156 Å². The molecule has 0 aliphatic carbocycles. The molecule has 0 fully saturated rings. The zero-order valence-electron chi connectivity index (χ0n) is 15.2. The quantitative estimate of drug-likeness (QED) is 0.542. The van der Waals surface area contributed by atoms with Crippen LogP contribution in [0.1, 0.15) is 30.0 Å². The second kappa shape index (κ2) is 6.65. The highest BCUT2D eigenvalue weighted by Crippen LogP contribution is 2.29. The van der Waals surface area contributed by atoms with Gasteiger partial charge in [-0.25, -0.2) is 4.68 Å². The Bertz CT molecular complexity index is 1160. The van der Waals surface area contributed by atoms with Gasteiger partial charge in [0.25, 0.3) is 5.56 Å². The molecule has 5 heteroatoms. The molecule has 4 nitrogen and oxygen atoms in total. The standard InChI is InChI=1S/C21H21N3OS/c1-13(2)8-19-20-17(21(25)24(3)23-19)11-16(26-20)10-14-9-15-6-4-5-7-18(15)22-12-14/h4-7,9,11-13H,8,10H2,1-3H3. The van der Waals surface area contributed by atoms with Crippen LogP contribution in [-0.4, -0.2) is 14.8 Å². The largest absolute Gasteiger partial charge is 0.275 e. The predicted octanol–water partition coefficient (Wildman–Crippen LogP) is 4.33. The van der Waals surface area contributed by atoms with Gasteiger partial charge in [0.15, 0.2) is 0 Å². The third kappa shape index (κ3) is 3.15. The van der Waals surface area contributed by atoms with Crippen molar-refractivity contribution in [3.63, 3.8) is 0 Å². The number of aromatic nitrogens is 3. The van der Waals surface area contributed by atoms with Crippen LogP contribution in [0.25, 0.3) is 21.0 Å². The molecule has 3 aromatic heterocycles. The number of para-hydroxylation sites is 1. The maximum absolute atomic E-state index is 12.5. The molecule has 0 amide bonds. The zero-order valence-corrected chi connectivity index (χ0v) is 16.0. The minimum atomic E-state index is -0.0216. The molecule has 132 valence electrons. The second-order valence-electron chi connectivity index (χ2n) is 7.14. The predicted molar refractivity (Wildman–Crippen MR) is 108 cm³/mol. The lowest BCUT2D eigenvalue weighted by Gasteiger charge is -2.06. The van der Waals surface area contributed by atoms with Crippen molar-refractivity contribution in [3.05, 3.63) is 69.1 Å². The minimum absolute atomic E-state index is 0.0216. The summed E-state index contributed by atoms with van der Waals surface area (Å²) in [5.74, 6) is 0.499. The molecule has 0 aliphatic rings. The first-order valence-corrected chi connectivity index (χ1v) is 9.65. The van der Waals surface area contributed by atoms with E-state index in [4.69, 9.17) is 0 Å². The highest BCUT2D eigenvalue weighted by molar-refractivity contribution is 7.19. The van der Waals surface area contributed by atoms with Gasteiger partial charge in [0.1, 0.15) is 0 Å². The summed E-state index contributed by atoms with van der Waals surface area (Å²) in [6, 6.07) is 12.3. The number of fused-ring (bicyclic) bond motifs is 2. The number of nitrogens with zero attached hydrogens (tertiary/aromatic N) is 3. The normalized spacial score (nSPS) is 11.7. The van der Waals surface area contributed by atoms with E-state index in [1.54, 1.807) is 18.4 Å². The minimum Gasteiger partial charge on any atom is -0.267 e. The van der Waals surface area contributed by atoms with Gasteiger partial charge < -0.3 is 0 Å². The summed E-state index contributed by atoms with van der Waals surface area (Å²) in [4.78, 5) is 18.2. The monoisotopic (exact) mass is 363 g/mol. The maximum atomic E-state index is 12.5. The number of thiophene rings is 1. The van der Waals surface area contributed by atoms with E-state index in [2.05, 4.69) is 36.1 Å². The van der Waals surface area contributed by atoms with Crippen LogP contribution in [-0.2, 0) is 19.9 Å². The summed E-state index contributed by atoms with van der Waals surface area (Å²) >= 11 is 1.69. The van der Waals surface area contributed by atoms with Crippen LogP contribution in [0, 0.1) is 5.92 Å². The lowest BCUT2D eigenvalue weighted by molar-refractivity contribution is 0.606. The Morgan fingerprint density at radius 2 is 2.00 bits per heavy atom. The Morgan fingerprint density at radius 3 is 2.81 bits per heavy atom. The van der Waals surface area contributed by atoms with E-state index in [0.717, 1.165) is 45.1 Å². The molecule has 1 aromatic carbocycles. The van der Waals surface area contributed by atoms with E-state index < -0.39 is 0 Å². The smallest absolute Gasteiger partial charge is 0.267 e. The first kappa shape index (κ1) is 16.9. The molecule has 0 radical (unpaired) electrons. The van der Waals surface area contributed by atoms with E-state index in [-0.39, 0.29) is 5.56 Å². The molecule has 3 heterocycles. The lowest BCUT2D eigenvalue weighted by atomic mass is 10.1. The van der Waals surface area contributed by atoms with Crippen molar-refractivity contribution in [2.45, 2.75) is 26.7 Å². The van der Waals surface area contributed by atoms with Crippen LogP contribution >= 0.6 is 11.3 Å². The number of benzene rings is 1. The van der Waals surface area contributed by atoms with Gasteiger partial charge in [0.2, 0.25) is 0 Å². The summed E-state index contributed by atoms with van der Waals surface area (Å²) in [5, 5.41) is 6.43. The molecular formula is C21H21N3OS. The molecular weight excluding hydrogens is 342 g/mol. The molecule has 0 saturated heterocycles. The van der Waals surface area contributed by atoms with Crippen molar-refractivity contribution in [1.82, 2.24) is 14.8 Å². The molecule has 0 unspecified atom stereocenters. The average Bonchev–Trinajstić information content (AvgIpc) is 3.03. The first-order valence-electron chi connectivity index (χ1n) is 8.83. The average molecular weight is 363 g/mol. The van der Waals surface area contributed by atoms with Crippen molar-refractivity contribution in [2.75, 3.05) is 0 Å². The van der Waals surface area contributed by atoms with Gasteiger partial charge in [-0.3, -0.25) is 9.78 Å². The van der Waals surface area contributed by atoms with Crippen LogP contribution in [0.15, 0.2) is 47.4 Å². The SMILES string of the molecule is CC(C)Cc1nn(C)c(=O)c2cc(Cc3cnc4ccccc4c3)sc12. The van der Waals surface area contributed by atoms with E-state index in [1.807, 2.05) is 30.5 Å². The Morgan fingerprint density at radius 1 is 1.19 bits per heavy atom. The summed E-state index contributed by atoms with van der Waals surface area (Å²) < 4.78 is 2.50. The molecule has 4 aromatic rings. The van der Waals surface area contributed by atoms with Crippen LogP contribution in [0.4, 0.5) is 0 Å². The zero-order chi connectivity index (χ0) is 18.3. The highest BCUT2D eigenvalue weighted by atomic mass is 32.1. The van der Waals surface area contributed by atoms with Crippen molar-refractivity contribution < 1.29 is 0 Å². The summed E-state index contributed by atoms with van der Waals surface area (Å²) in [6.07, 6.45) is 3.58. The van der Waals surface area contributed by atoms with E-state index in [0.29, 0.717) is 5.92 Å². The summed E-state index contributed by atoms with van der Waals surface area (Å²) in [6.45, 7) is 4.35. The van der Waals surface area contributed by atoms with Crippen LogP contribution in [0.2, 0.25) is 0 Å². The molecule has 0 N–H and O–H groups in total. The van der Waals surface area contributed by atoms with Crippen LogP contribution in [0.3, 0.4) is 0 Å². The second-order valence-corrected chi connectivity index (χ2v) is 8.28. The van der Waals surface area contributed by atoms with E-state index in [9.17, 15) is 4.79 Å². The van der Waals surface area contributed by atoms with Crippen molar-refractivity contribution >= 4 is 32.3 Å². The van der Waals surface area contributed by atoms with Gasteiger partial charge in [-0.15, -0.1) is 11.3 Å². The molecule has 0 spiro atoms. The van der Waals surface area contributed by atoms with Crippen LogP contribution in [0.5, 0.6) is 0 Å². The van der Waals surface area contributed by atoms with E-state index in [1.165, 1.54) is 9.56 Å². The van der Waals surface area contributed by atoms with Gasteiger partial charge in [-0.05, 0) is 36.1 Å². The lowest BCUT2D eigenvalue weighted by Crippen LogP contribution is -2.21. The molecule has 26 heavy (non-hydrogen) atoms. The van der Waals surface area contributed by atoms with Gasteiger partial charge >= 0.3 is 0 Å². The number of aryl methyl sites for hydroxylation is 1.